The van der Waals surface area contributed by atoms with Gasteiger partial charge in [0.25, 0.3) is 5.91 Å². The van der Waals surface area contributed by atoms with Crippen LogP contribution < -0.4 is 9.47 Å². The predicted octanol–water partition coefficient (Wildman–Crippen LogP) is 5.79. The topological polar surface area (TPSA) is 51.1 Å². The van der Waals surface area contributed by atoms with Crippen LogP contribution in [-0.2, 0) is 6.61 Å². The average Bonchev–Trinajstić information content (AvgIpc) is 2.87. The lowest BCUT2D eigenvalue weighted by Gasteiger charge is -2.26. The van der Waals surface area contributed by atoms with E-state index in [1.807, 2.05) is 47.4 Å². The highest BCUT2D eigenvalue weighted by molar-refractivity contribution is 5.94. The molecule has 5 nitrogen and oxygen atoms in total. The number of ether oxygens (including phenoxy) is 2. The Hall–Kier alpha value is -3.67. The molecule has 1 saturated heterocycles. The minimum absolute atomic E-state index is 0.0966. The molecule has 0 bridgehead atoms. The SMILES string of the molecule is COc1cc(C=Nc2cccc(F)c2)ccc1OCc1ccc(C(=O)N2CCCCC2)cc1. The highest BCUT2D eigenvalue weighted by Gasteiger charge is 2.18. The molecule has 0 N–H and O–H groups in total. The first-order valence-corrected chi connectivity index (χ1v) is 11.1. The summed E-state index contributed by atoms with van der Waals surface area (Å²) in [7, 11) is 1.58. The monoisotopic (exact) mass is 446 g/mol. The Labute approximate surface area is 193 Å². The second-order valence-electron chi connectivity index (χ2n) is 7.99. The van der Waals surface area contributed by atoms with Crippen LogP contribution in [-0.4, -0.2) is 37.2 Å². The van der Waals surface area contributed by atoms with E-state index in [-0.39, 0.29) is 11.7 Å². The lowest BCUT2D eigenvalue weighted by atomic mass is 10.1. The van der Waals surface area contributed by atoms with E-state index in [0.29, 0.717) is 29.4 Å². The van der Waals surface area contributed by atoms with Crippen molar-refractivity contribution < 1.29 is 18.7 Å². The third kappa shape index (κ3) is 5.98. The number of nitrogens with zero attached hydrogens (tertiary/aromatic N) is 2. The van der Waals surface area contributed by atoms with Gasteiger partial charge < -0.3 is 14.4 Å². The predicted molar refractivity (Wildman–Crippen MR) is 127 cm³/mol. The number of methoxy groups -OCH3 is 1. The van der Waals surface area contributed by atoms with Gasteiger partial charge in [0.05, 0.1) is 12.8 Å². The quantitative estimate of drug-likeness (QED) is 0.432. The number of amides is 1. The number of likely N-dealkylation sites (tertiary alicyclic amines) is 1. The molecule has 1 aliphatic rings. The Morgan fingerprint density at radius 2 is 1.79 bits per heavy atom. The first-order chi connectivity index (χ1) is 16.1. The van der Waals surface area contributed by atoms with E-state index in [4.69, 9.17) is 9.47 Å². The normalized spacial score (nSPS) is 13.8. The molecule has 4 rings (SSSR count). The maximum Gasteiger partial charge on any atom is 0.253 e. The molecule has 0 atom stereocenters. The summed E-state index contributed by atoms with van der Waals surface area (Å²) in [6.07, 6.45) is 5.01. The molecule has 1 aliphatic heterocycles. The Bertz CT molecular complexity index is 1120. The summed E-state index contributed by atoms with van der Waals surface area (Å²) in [5, 5.41) is 0. The van der Waals surface area contributed by atoms with E-state index in [0.717, 1.165) is 37.1 Å². The number of hydrogen-bond donors (Lipinski definition) is 0. The number of piperidine rings is 1. The lowest BCUT2D eigenvalue weighted by molar-refractivity contribution is 0.0724. The first-order valence-electron chi connectivity index (χ1n) is 11.1. The third-order valence-corrected chi connectivity index (χ3v) is 5.60. The summed E-state index contributed by atoms with van der Waals surface area (Å²) < 4.78 is 24.7. The molecular formula is C27H27FN2O3. The summed E-state index contributed by atoms with van der Waals surface area (Å²) >= 11 is 0. The van der Waals surface area contributed by atoms with Gasteiger partial charge in [-0.15, -0.1) is 0 Å². The minimum Gasteiger partial charge on any atom is -0.493 e. The number of aliphatic imine (C=N–C) groups is 1. The molecule has 1 fully saturated rings. The molecule has 0 unspecified atom stereocenters. The number of rotatable bonds is 7. The van der Waals surface area contributed by atoms with Crippen molar-refractivity contribution in [1.29, 1.82) is 0 Å². The van der Waals surface area contributed by atoms with Gasteiger partial charge in [0.1, 0.15) is 12.4 Å². The van der Waals surface area contributed by atoms with Crippen molar-refractivity contribution in [2.75, 3.05) is 20.2 Å². The van der Waals surface area contributed by atoms with Crippen LogP contribution in [0.5, 0.6) is 11.5 Å². The molecule has 0 aromatic heterocycles. The largest absolute Gasteiger partial charge is 0.493 e. The van der Waals surface area contributed by atoms with Gasteiger partial charge in [0.2, 0.25) is 0 Å². The van der Waals surface area contributed by atoms with Crippen LogP contribution in [0.4, 0.5) is 10.1 Å². The molecular weight excluding hydrogens is 419 g/mol. The Balaban J connectivity index is 1.38. The number of hydrogen-bond acceptors (Lipinski definition) is 4. The number of halogens is 1. The smallest absolute Gasteiger partial charge is 0.253 e. The first kappa shape index (κ1) is 22.5. The van der Waals surface area contributed by atoms with Crippen molar-refractivity contribution in [1.82, 2.24) is 4.90 Å². The summed E-state index contributed by atoms with van der Waals surface area (Å²) in [5.41, 5.74) is 3.02. The van der Waals surface area contributed by atoms with Gasteiger partial charge in [-0.05, 0) is 78.9 Å². The fourth-order valence-electron chi connectivity index (χ4n) is 3.77. The van der Waals surface area contributed by atoms with E-state index < -0.39 is 0 Å². The van der Waals surface area contributed by atoms with Gasteiger partial charge in [-0.2, -0.15) is 0 Å². The van der Waals surface area contributed by atoms with Crippen LogP contribution in [0, 0.1) is 5.82 Å². The number of carbonyl (C=O) groups is 1. The molecule has 0 saturated carbocycles. The van der Waals surface area contributed by atoms with Crippen molar-refractivity contribution in [2.45, 2.75) is 25.9 Å². The van der Waals surface area contributed by atoms with Gasteiger partial charge in [-0.3, -0.25) is 9.79 Å². The molecule has 170 valence electrons. The molecule has 0 aliphatic carbocycles. The maximum atomic E-state index is 13.3. The van der Waals surface area contributed by atoms with E-state index in [1.54, 1.807) is 25.5 Å². The molecule has 0 radical (unpaired) electrons. The van der Waals surface area contributed by atoms with Crippen LogP contribution in [0.1, 0.15) is 40.7 Å². The zero-order chi connectivity index (χ0) is 23.0. The fraction of sp³-hybridized carbons (Fsp3) is 0.259. The molecule has 0 spiro atoms. The summed E-state index contributed by atoms with van der Waals surface area (Å²) in [6.45, 7) is 2.03. The Kier molecular flexibility index (Phi) is 7.35. The number of benzene rings is 3. The molecule has 33 heavy (non-hydrogen) atoms. The van der Waals surface area contributed by atoms with Crippen LogP contribution >= 0.6 is 0 Å². The highest BCUT2D eigenvalue weighted by atomic mass is 19.1. The van der Waals surface area contributed by atoms with Gasteiger partial charge in [-0.25, -0.2) is 4.39 Å². The minimum atomic E-state index is -0.324. The second kappa shape index (κ2) is 10.8. The van der Waals surface area contributed by atoms with E-state index in [1.165, 1.54) is 18.6 Å². The average molecular weight is 447 g/mol. The number of carbonyl (C=O) groups excluding carboxylic acids is 1. The van der Waals surface area contributed by atoms with Crippen LogP contribution in [0.15, 0.2) is 71.7 Å². The molecule has 3 aromatic carbocycles. The van der Waals surface area contributed by atoms with Crippen LogP contribution in [0.25, 0.3) is 0 Å². The maximum absolute atomic E-state index is 13.3. The van der Waals surface area contributed by atoms with Crippen molar-refractivity contribution in [3.8, 4) is 11.5 Å². The van der Waals surface area contributed by atoms with E-state index >= 15 is 0 Å². The molecule has 3 aromatic rings. The Morgan fingerprint density at radius 3 is 2.52 bits per heavy atom. The Morgan fingerprint density at radius 1 is 1.00 bits per heavy atom. The van der Waals surface area contributed by atoms with Gasteiger partial charge in [0.15, 0.2) is 11.5 Å². The zero-order valence-corrected chi connectivity index (χ0v) is 18.7. The lowest BCUT2D eigenvalue weighted by Crippen LogP contribution is -2.35. The van der Waals surface area contributed by atoms with E-state index in [2.05, 4.69) is 4.99 Å². The van der Waals surface area contributed by atoms with Crippen LogP contribution in [0.3, 0.4) is 0 Å². The summed E-state index contributed by atoms with van der Waals surface area (Å²) in [6, 6.07) is 19.2. The van der Waals surface area contributed by atoms with Crippen molar-refractivity contribution in [3.63, 3.8) is 0 Å². The zero-order valence-electron chi connectivity index (χ0n) is 18.7. The van der Waals surface area contributed by atoms with Crippen LogP contribution in [0.2, 0.25) is 0 Å². The van der Waals surface area contributed by atoms with Crippen molar-refractivity contribution in [3.05, 3.63) is 89.2 Å². The third-order valence-electron chi connectivity index (χ3n) is 5.60. The standard InChI is InChI=1S/C27H27FN2O3/c1-32-26-16-21(18-29-24-7-5-6-23(28)17-24)10-13-25(26)33-19-20-8-11-22(12-9-20)27(31)30-14-3-2-4-15-30/h5-13,16-18H,2-4,14-15,19H2,1H3. The van der Waals surface area contributed by atoms with Gasteiger partial charge in [0, 0.05) is 24.9 Å². The molecule has 1 amide bonds. The van der Waals surface area contributed by atoms with E-state index in [9.17, 15) is 9.18 Å². The van der Waals surface area contributed by atoms with Crippen molar-refractivity contribution in [2.24, 2.45) is 4.99 Å². The van der Waals surface area contributed by atoms with Gasteiger partial charge >= 0.3 is 0 Å². The second-order valence-corrected chi connectivity index (χ2v) is 7.99. The highest BCUT2D eigenvalue weighted by Crippen LogP contribution is 2.29. The summed E-state index contributed by atoms with van der Waals surface area (Å²) in [5.74, 6) is 0.957. The fourth-order valence-corrected chi connectivity index (χ4v) is 3.77. The molecule has 6 heteroatoms. The van der Waals surface area contributed by atoms with Crippen molar-refractivity contribution >= 4 is 17.8 Å². The van der Waals surface area contributed by atoms with Gasteiger partial charge in [-0.1, -0.05) is 18.2 Å². The molecule has 1 heterocycles. The summed E-state index contributed by atoms with van der Waals surface area (Å²) in [4.78, 5) is 18.8.